The monoisotopic (exact) mass is 481 g/mol. The van der Waals surface area contributed by atoms with Crippen LogP contribution < -0.4 is 0 Å². The highest BCUT2D eigenvalue weighted by Crippen LogP contribution is 2.33. The number of pyridine rings is 1. The summed E-state index contributed by atoms with van der Waals surface area (Å²) in [6.07, 6.45) is 4.45. The van der Waals surface area contributed by atoms with Crippen LogP contribution >= 0.6 is 23.2 Å². The fourth-order valence-corrected chi connectivity index (χ4v) is 6.29. The Balaban J connectivity index is 1.37. The van der Waals surface area contributed by atoms with E-state index >= 15 is 0 Å². The molecule has 0 bridgehead atoms. The van der Waals surface area contributed by atoms with E-state index < -0.39 is 10.0 Å². The second-order valence-corrected chi connectivity index (χ2v) is 10.2. The summed E-state index contributed by atoms with van der Waals surface area (Å²) in [7, 11) is -3.84. The third kappa shape index (κ3) is 4.43. The molecule has 1 aliphatic rings. The molecule has 0 radical (unpaired) electrons. The van der Waals surface area contributed by atoms with Gasteiger partial charge in [-0.1, -0.05) is 35.3 Å². The summed E-state index contributed by atoms with van der Waals surface area (Å²) >= 11 is 12.2. The van der Waals surface area contributed by atoms with E-state index in [0.29, 0.717) is 18.5 Å². The summed E-state index contributed by atoms with van der Waals surface area (Å²) in [5, 5.41) is 0.161. The first-order valence-electron chi connectivity index (χ1n) is 9.81. The van der Waals surface area contributed by atoms with Crippen molar-refractivity contribution in [3.8, 4) is 0 Å². The van der Waals surface area contributed by atoms with Gasteiger partial charge < -0.3 is 9.14 Å². The minimum atomic E-state index is -3.84. The highest BCUT2D eigenvalue weighted by molar-refractivity contribution is 7.89. The molecule has 0 atom stereocenters. The number of nitrogens with zero attached hydrogens (tertiary/aromatic N) is 3. The number of imidazole rings is 1. The third-order valence-electron chi connectivity index (χ3n) is 5.39. The molecule has 0 saturated carbocycles. The van der Waals surface area contributed by atoms with Crippen molar-refractivity contribution < 1.29 is 17.9 Å². The van der Waals surface area contributed by atoms with Gasteiger partial charge in [0.15, 0.2) is 0 Å². The van der Waals surface area contributed by atoms with Crippen LogP contribution in [0, 0.1) is 12.8 Å². The Labute approximate surface area is 190 Å². The van der Waals surface area contributed by atoms with Crippen LogP contribution in [-0.2, 0) is 26.2 Å². The van der Waals surface area contributed by atoms with Crippen LogP contribution in [0.5, 0.6) is 0 Å². The fraction of sp³-hybridized carbons (Fsp3) is 0.333. The number of rotatable bonds is 5. The van der Waals surface area contributed by atoms with Gasteiger partial charge >= 0.3 is 5.97 Å². The largest absolute Gasteiger partial charge is 0.459 e. The van der Waals surface area contributed by atoms with Crippen molar-refractivity contribution >= 4 is 44.8 Å². The average molecular weight is 482 g/mol. The van der Waals surface area contributed by atoms with Crippen molar-refractivity contribution in [2.75, 3.05) is 13.1 Å². The van der Waals surface area contributed by atoms with E-state index in [4.69, 9.17) is 27.9 Å². The van der Waals surface area contributed by atoms with Gasteiger partial charge in [-0.2, -0.15) is 4.31 Å². The van der Waals surface area contributed by atoms with E-state index in [2.05, 4.69) is 4.98 Å². The molecule has 3 heterocycles. The van der Waals surface area contributed by atoms with Crippen molar-refractivity contribution in [1.29, 1.82) is 0 Å². The smallest absolute Gasteiger partial charge is 0.309 e. The Morgan fingerprint density at radius 2 is 1.84 bits per heavy atom. The Kier molecular flexibility index (Phi) is 6.25. The number of carbonyl (C=O) groups excluding carboxylic acids is 1. The molecule has 164 valence electrons. The highest BCUT2D eigenvalue weighted by atomic mass is 35.5. The molecule has 0 amide bonds. The molecule has 4 rings (SSSR count). The summed E-state index contributed by atoms with van der Waals surface area (Å²) in [6.45, 7) is 2.43. The topological polar surface area (TPSA) is 81.0 Å². The van der Waals surface area contributed by atoms with Gasteiger partial charge in [0.1, 0.15) is 17.1 Å². The highest BCUT2D eigenvalue weighted by Gasteiger charge is 2.35. The van der Waals surface area contributed by atoms with Crippen molar-refractivity contribution in [3.05, 3.63) is 64.0 Å². The van der Waals surface area contributed by atoms with Crippen LogP contribution in [0.25, 0.3) is 5.65 Å². The molecule has 0 N–H and O–H groups in total. The molecule has 1 aromatic carbocycles. The number of hydrogen-bond donors (Lipinski definition) is 0. The first-order chi connectivity index (χ1) is 14.8. The number of piperidine rings is 1. The lowest BCUT2D eigenvalue weighted by molar-refractivity contribution is -0.151. The number of sulfonamides is 1. The normalized spacial score (nSPS) is 16.0. The minimum Gasteiger partial charge on any atom is -0.459 e. The molecule has 1 fully saturated rings. The van der Waals surface area contributed by atoms with Crippen LogP contribution in [0.1, 0.15) is 24.1 Å². The Bertz CT molecular complexity index is 1210. The van der Waals surface area contributed by atoms with Gasteiger partial charge in [-0.15, -0.1) is 0 Å². The summed E-state index contributed by atoms with van der Waals surface area (Å²) in [5.41, 5.74) is 2.52. The lowest BCUT2D eigenvalue weighted by atomic mass is 9.98. The molecule has 0 aliphatic carbocycles. The second kappa shape index (κ2) is 8.78. The van der Waals surface area contributed by atoms with E-state index in [0.717, 1.165) is 11.2 Å². The number of ether oxygens (including phenoxy) is 1. The van der Waals surface area contributed by atoms with Crippen molar-refractivity contribution in [3.63, 3.8) is 0 Å². The van der Waals surface area contributed by atoms with Gasteiger partial charge in [0.2, 0.25) is 10.0 Å². The number of benzene rings is 1. The maximum Gasteiger partial charge on any atom is 0.309 e. The summed E-state index contributed by atoms with van der Waals surface area (Å²) in [5.74, 6) is -0.714. The fourth-order valence-electron chi connectivity index (χ4n) is 3.73. The predicted octanol–water partition coefficient (Wildman–Crippen LogP) is 4.09. The predicted molar refractivity (Wildman–Crippen MR) is 118 cm³/mol. The molecular weight excluding hydrogens is 461 g/mol. The maximum absolute atomic E-state index is 13.0. The van der Waals surface area contributed by atoms with Crippen molar-refractivity contribution in [2.24, 2.45) is 5.92 Å². The summed E-state index contributed by atoms with van der Waals surface area (Å²) in [4.78, 5) is 16.9. The molecule has 1 aliphatic heterocycles. The molecule has 0 spiro atoms. The molecule has 7 nitrogen and oxygen atoms in total. The molecule has 10 heteroatoms. The lowest BCUT2D eigenvalue weighted by Crippen LogP contribution is -2.40. The Morgan fingerprint density at radius 1 is 1.16 bits per heavy atom. The van der Waals surface area contributed by atoms with Crippen LogP contribution in [0.4, 0.5) is 0 Å². The van der Waals surface area contributed by atoms with E-state index in [9.17, 15) is 13.2 Å². The van der Waals surface area contributed by atoms with E-state index in [1.165, 1.54) is 16.4 Å². The molecule has 31 heavy (non-hydrogen) atoms. The molecular formula is C21H21Cl2N3O4S. The zero-order valence-electron chi connectivity index (χ0n) is 16.8. The van der Waals surface area contributed by atoms with Gasteiger partial charge in [-0.05, 0) is 43.5 Å². The van der Waals surface area contributed by atoms with Crippen LogP contribution in [-0.4, -0.2) is 41.2 Å². The van der Waals surface area contributed by atoms with E-state index in [1.54, 1.807) is 6.07 Å². The molecule has 1 saturated heterocycles. The summed E-state index contributed by atoms with van der Waals surface area (Å²) in [6, 6.07) is 8.47. The number of carbonyl (C=O) groups is 1. The minimum absolute atomic E-state index is 0.0771. The number of halogens is 2. The Hall–Kier alpha value is -2.13. The molecule has 3 aromatic rings. The van der Waals surface area contributed by atoms with Crippen molar-refractivity contribution in [2.45, 2.75) is 31.3 Å². The quantitative estimate of drug-likeness (QED) is 0.512. The standard InChI is InChI=1S/C21H21Cl2N3O4S/c1-14-4-3-9-25-12-16(24-20(14)25)13-30-21(27)15-7-10-26(11-8-15)31(28,29)19-17(22)5-2-6-18(19)23/h2-6,9,12,15H,7-8,10-11,13H2,1H3. The van der Waals surface area contributed by atoms with Gasteiger partial charge in [0, 0.05) is 25.5 Å². The third-order valence-corrected chi connectivity index (χ3v) is 8.25. The number of aromatic nitrogens is 2. The van der Waals surface area contributed by atoms with Gasteiger partial charge in [0.25, 0.3) is 0 Å². The number of hydrogen-bond acceptors (Lipinski definition) is 5. The lowest BCUT2D eigenvalue weighted by Gasteiger charge is -2.30. The Morgan fingerprint density at radius 3 is 2.48 bits per heavy atom. The second-order valence-electron chi connectivity index (χ2n) is 7.49. The maximum atomic E-state index is 13.0. The van der Waals surface area contributed by atoms with Gasteiger partial charge in [0.05, 0.1) is 21.7 Å². The van der Waals surface area contributed by atoms with E-state index in [-0.39, 0.29) is 46.5 Å². The number of aryl methyl sites for hydroxylation is 1. The van der Waals surface area contributed by atoms with Crippen LogP contribution in [0.2, 0.25) is 10.0 Å². The van der Waals surface area contributed by atoms with Crippen LogP contribution in [0.3, 0.4) is 0 Å². The number of esters is 1. The summed E-state index contributed by atoms with van der Waals surface area (Å²) < 4.78 is 34.6. The number of fused-ring (bicyclic) bond motifs is 1. The zero-order valence-corrected chi connectivity index (χ0v) is 19.1. The first-order valence-corrected chi connectivity index (χ1v) is 12.0. The molecule has 0 unspecified atom stereocenters. The molecule has 2 aromatic heterocycles. The van der Waals surface area contributed by atoms with E-state index in [1.807, 2.05) is 35.9 Å². The first kappa shape index (κ1) is 22.1. The average Bonchev–Trinajstić information content (AvgIpc) is 3.16. The van der Waals surface area contributed by atoms with Gasteiger partial charge in [-0.25, -0.2) is 13.4 Å². The van der Waals surface area contributed by atoms with Gasteiger partial charge in [-0.3, -0.25) is 4.79 Å². The zero-order chi connectivity index (χ0) is 22.2. The SMILES string of the molecule is Cc1cccn2cc(COC(=O)C3CCN(S(=O)(=O)c4c(Cl)cccc4Cl)CC3)nc12. The van der Waals surface area contributed by atoms with Crippen LogP contribution in [0.15, 0.2) is 47.6 Å². The van der Waals surface area contributed by atoms with Crippen molar-refractivity contribution in [1.82, 2.24) is 13.7 Å².